The van der Waals surface area contributed by atoms with Gasteiger partial charge in [0, 0.05) is 42.7 Å². The topological polar surface area (TPSA) is 130 Å². The van der Waals surface area contributed by atoms with Crippen LogP contribution < -0.4 is 16.3 Å². The van der Waals surface area contributed by atoms with E-state index in [0.29, 0.717) is 46.8 Å². The smallest absolute Gasteiger partial charge is 0.408 e. The zero-order chi connectivity index (χ0) is 24.1. The lowest BCUT2D eigenvalue weighted by Gasteiger charge is -2.33. The molecule has 5 aromatic rings. The Morgan fingerprint density at radius 2 is 1.86 bits per heavy atom. The molecule has 1 saturated heterocycles. The summed E-state index contributed by atoms with van der Waals surface area (Å²) in [7, 11) is 0. The Labute approximate surface area is 198 Å². The first-order chi connectivity index (χ1) is 17.0. The lowest BCUT2D eigenvalue weighted by molar-refractivity contribution is 0.103. The van der Waals surface area contributed by atoms with Crippen LogP contribution in [0, 0.1) is 6.92 Å². The number of imidazole rings is 1. The SMILES string of the molecule is Cc1cc(C(=O)c2ccnc(N3CCC(n4c(=O)[nH]c5ncccc54)CC3)c2)cc2oc(=O)[nH]c12. The summed E-state index contributed by atoms with van der Waals surface area (Å²) in [5, 5.41) is 0. The summed E-state index contributed by atoms with van der Waals surface area (Å²) >= 11 is 0. The van der Waals surface area contributed by atoms with Crippen LogP contribution in [0.1, 0.15) is 40.4 Å². The maximum atomic E-state index is 13.2. The molecule has 0 unspecified atom stereocenters. The van der Waals surface area contributed by atoms with Gasteiger partial charge in [0.1, 0.15) is 5.82 Å². The number of pyridine rings is 2. The van der Waals surface area contributed by atoms with Gasteiger partial charge in [-0.25, -0.2) is 19.6 Å². The van der Waals surface area contributed by atoms with Crippen LogP contribution in [0.5, 0.6) is 0 Å². The number of nitrogens with zero attached hydrogens (tertiary/aromatic N) is 4. The maximum Gasteiger partial charge on any atom is 0.417 e. The zero-order valence-corrected chi connectivity index (χ0v) is 18.9. The molecule has 1 fully saturated rings. The van der Waals surface area contributed by atoms with E-state index >= 15 is 0 Å². The van der Waals surface area contributed by atoms with Crippen LogP contribution in [-0.4, -0.2) is 43.4 Å². The summed E-state index contributed by atoms with van der Waals surface area (Å²) < 4.78 is 6.95. The Morgan fingerprint density at radius 1 is 1.03 bits per heavy atom. The van der Waals surface area contributed by atoms with Crippen LogP contribution in [0.25, 0.3) is 22.3 Å². The number of rotatable bonds is 4. The van der Waals surface area contributed by atoms with E-state index in [2.05, 4.69) is 24.8 Å². The highest BCUT2D eigenvalue weighted by Crippen LogP contribution is 2.28. The van der Waals surface area contributed by atoms with Crippen LogP contribution in [0.2, 0.25) is 0 Å². The van der Waals surface area contributed by atoms with Gasteiger partial charge in [0.2, 0.25) is 0 Å². The molecule has 5 heterocycles. The Morgan fingerprint density at radius 3 is 2.69 bits per heavy atom. The Balaban J connectivity index is 1.23. The van der Waals surface area contributed by atoms with Gasteiger partial charge in [-0.2, -0.15) is 0 Å². The minimum atomic E-state index is -0.548. The zero-order valence-electron chi connectivity index (χ0n) is 18.9. The van der Waals surface area contributed by atoms with E-state index in [1.807, 2.05) is 19.1 Å². The Hall–Kier alpha value is -4.47. The summed E-state index contributed by atoms with van der Waals surface area (Å²) in [5.74, 6) is -0.00286. The fourth-order valence-corrected chi connectivity index (χ4v) is 4.93. The van der Waals surface area contributed by atoms with Crippen molar-refractivity contribution in [3.63, 3.8) is 0 Å². The molecule has 6 rings (SSSR count). The number of benzene rings is 1. The minimum absolute atomic E-state index is 0.0622. The third-order valence-electron chi connectivity index (χ3n) is 6.64. The Kier molecular flexibility index (Phi) is 4.87. The number of aryl methyl sites for hydroxylation is 1. The second kappa shape index (κ2) is 8.08. The van der Waals surface area contributed by atoms with Gasteiger partial charge >= 0.3 is 11.4 Å². The molecule has 10 heteroatoms. The molecular weight excluding hydrogens is 448 g/mol. The normalized spacial score (nSPS) is 14.7. The molecule has 0 radical (unpaired) electrons. The standard InChI is InChI=1S/C25H22N6O4/c1-14-11-16(12-19-21(14)28-25(34)35-19)22(32)15-4-8-26-20(13-15)30-9-5-17(6-10-30)31-18-3-2-7-27-23(18)29-24(31)33/h2-4,7-8,11-13,17H,5-6,9-10H2,1H3,(H,28,34)(H,27,29,33). The molecule has 0 saturated carbocycles. The number of fused-ring (bicyclic) bond motifs is 2. The van der Waals surface area contributed by atoms with Gasteiger partial charge in [-0.15, -0.1) is 0 Å². The van der Waals surface area contributed by atoms with Crippen LogP contribution in [0.4, 0.5) is 5.82 Å². The van der Waals surface area contributed by atoms with E-state index in [-0.39, 0.29) is 17.5 Å². The number of hydrogen-bond donors (Lipinski definition) is 2. The molecule has 10 nitrogen and oxygen atoms in total. The number of aromatic amines is 2. The molecule has 35 heavy (non-hydrogen) atoms. The van der Waals surface area contributed by atoms with E-state index in [1.54, 1.807) is 41.2 Å². The maximum absolute atomic E-state index is 13.2. The molecule has 0 atom stereocenters. The number of ketones is 1. The van der Waals surface area contributed by atoms with E-state index < -0.39 is 5.76 Å². The summed E-state index contributed by atoms with van der Waals surface area (Å²) in [6, 6.07) is 10.6. The largest absolute Gasteiger partial charge is 0.417 e. The highest BCUT2D eigenvalue weighted by molar-refractivity contribution is 6.10. The van der Waals surface area contributed by atoms with Crippen molar-refractivity contribution in [3.8, 4) is 0 Å². The van der Waals surface area contributed by atoms with Gasteiger partial charge < -0.3 is 9.32 Å². The van der Waals surface area contributed by atoms with Gasteiger partial charge in [0.25, 0.3) is 0 Å². The number of oxazole rings is 1. The number of aromatic nitrogens is 5. The highest BCUT2D eigenvalue weighted by Gasteiger charge is 2.25. The fraction of sp³-hybridized carbons (Fsp3) is 0.240. The first-order valence-electron chi connectivity index (χ1n) is 11.4. The van der Waals surface area contributed by atoms with Gasteiger partial charge in [-0.3, -0.25) is 19.3 Å². The predicted octanol–water partition coefficient (Wildman–Crippen LogP) is 2.94. The second-order valence-corrected chi connectivity index (χ2v) is 8.80. The van der Waals surface area contributed by atoms with Crippen LogP contribution in [0.15, 0.2) is 62.8 Å². The van der Waals surface area contributed by atoms with Crippen LogP contribution >= 0.6 is 0 Å². The van der Waals surface area contributed by atoms with Crippen molar-refractivity contribution in [1.82, 2.24) is 24.5 Å². The molecule has 1 aliphatic rings. The van der Waals surface area contributed by atoms with E-state index in [0.717, 1.165) is 23.9 Å². The monoisotopic (exact) mass is 470 g/mol. The summed E-state index contributed by atoms with van der Waals surface area (Å²) in [5.41, 5.74) is 3.93. The molecule has 1 aliphatic heterocycles. The second-order valence-electron chi connectivity index (χ2n) is 8.80. The van der Waals surface area contributed by atoms with Crippen molar-refractivity contribution in [2.75, 3.05) is 18.0 Å². The third-order valence-corrected chi connectivity index (χ3v) is 6.64. The van der Waals surface area contributed by atoms with Crippen molar-refractivity contribution >= 4 is 33.9 Å². The number of nitrogens with one attached hydrogen (secondary N) is 2. The molecular formula is C25H22N6O4. The van der Waals surface area contributed by atoms with E-state index in [4.69, 9.17) is 4.42 Å². The van der Waals surface area contributed by atoms with Crippen molar-refractivity contribution in [2.45, 2.75) is 25.8 Å². The molecule has 0 aliphatic carbocycles. The van der Waals surface area contributed by atoms with Crippen molar-refractivity contribution in [2.24, 2.45) is 0 Å². The Bertz CT molecular complexity index is 1700. The number of piperidine rings is 1. The molecule has 0 bridgehead atoms. The highest BCUT2D eigenvalue weighted by atomic mass is 16.4. The number of hydrogen-bond acceptors (Lipinski definition) is 7. The average molecular weight is 470 g/mol. The van der Waals surface area contributed by atoms with Crippen LogP contribution in [0.3, 0.4) is 0 Å². The number of carbonyl (C=O) groups excluding carboxylic acids is 1. The lowest BCUT2D eigenvalue weighted by atomic mass is 10.0. The first-order valence-corrected chi connectivity index (χ1v) is 11.4. The van der Waals surface area contributed by atoms with Gasteiger partial charge in [0.05, 0.1) is 11.0 Å². The lowest BCUT2D eigenvalue weighted by Crippen LogP contribution is -2.37. The molecule has 0 spiro atoms. The van der Waals surface area contributed by atoms with Crippen molar-refractivity contribution in [1.29, 1.82) is 0 Å². The fourth-order valence-electron chi connectivity index (χ4n) is 4.93. The molecule has 4 aromatic heterocycles. The van der Waals surface area contributed by atoms with Crippen molar-refractivity contribution in [3.05, 3.63) is 86.5 Å². The number of carbonyl (C=O) groups is 1. The molecule has 2 N–H and O–H groups in total. The number of anilines is 1. The third kappa shape index (κ3) is 3.63. The average Bonchev–Trinajstić information content (AvgIpc) is 3.42. The van der Waals surface area contributed by atoms with E-state index in [1.165, 1.54) is 0 Å². The van der Waals surface area contributed by atoms with Crippen LogP contribution in [-0.2, 0) is 0 Å². The van der Waals surface area contributed by atoms with Gasteiger partial charge in [0.15, 0.2) is 17.0 Å². The molecule has 176 valence electrons. The minimum Gasteiger partial charge on any atom is -0.408 e. The quantitative estimate of drug-likeness (QED) is 0.386. The first kappa shape index (κ1) is 21.1. The molecule has 1 aromatic carbocycles. The summed E-state index contributed by atoms with van der Waals surface area (Å²) in [6.07, 6.45) is 4.83. The predicted molar refractivity (Wildman–Crippen MR) is 130 cm³/mol. The number of H-pyrrole nitrogens is 2. The van der Waals surface area contributed by atoms with Gasteiger partial charge in [-0.1, -0.05) is 0 Å². The van der Waals surface area contributed by atoms with Crippen molar-refractivity contribution < 1.29 is 9.21 Å². The van der Waals surface area contributed by atoms with E-state index in [9.17, 15) is 14.4 Å². The van der Waals surface area contributed by atoms with Gasteiger partial charge in [-0.05, 0) is 61.7 Å². The molecule has 0 amide bonds. The summed E-state index contributed by atoms with van der Waals surface area (Å²) in [4.78, 5) is 53.6. The summed E-state index contributed by atoms with van der Waals surface area (Å²) in [6.45, 7) is 3.23.